The minimum Gasteiger partial charge on any atom is -0.481 e. The summed E-state index contributed by atoms with van der Waals surface area (Å²) in [6, 6.07) is 3.55. The maximum atomic E-state index is 12.7. The van der Waals surface area contributed by atoms with E-state index in [-0.39, 0.29) is 77.1 Å². The first kappa shape index (κ1) is 73.8. The summed E-state index contributed by atoms with van der Waals surface area (Å²) in [4.78, 5) is 85.1. The molecular weight excluding hydrogens is 1070 g/mol. The largest absolute Gasteiger partial charge is 0.481 e. The Hall–Kier alpha value is -5.17. The summed E-state index contributed by atoms with van der Waals surface area (Å²) < 4.78 is 76.6. The molecule has 1 rings (SSSR count). The molecule has 0 aliphatic rings. The molecule has 0 bridgehead atoms. The molecule has 0 aliphatic heterocycles. The van der Waals surface area contributed by atoms with Gasteiger partial charge in [0, 0.05) is 37.1 Å². The van der Waals surface area contributed by atoms with Gasteiger partial charge in [-0.05, 0) is 72.1 Å². The monoisotopic (exact) mass is 1160 g/mol. The number of carbonyl (C=O) groups is 7. The van der Waals surface area contributed by atoms with E-state index in [2.05, 4.69) is 21.3 Å². The van der Waals surface area contributed by atoms with E-state index in [1.54, 1.807) is 53.7 Å². The number of nitrogen functional groups attached to an aromatic ring is 1. The summed E-state index contributed by atoms with van der Waals surface area (Å²) in [5.41, 5.74) is 5.33. The van der Waals surface area contributed by atoms with Crippen molar-refractivity contribution in [3.05, 3.63) is 29.3 Å². The van der Waals surface area contributed by atoms with Gasteiger partial charge in [0.25, 0.3) is 5.91 Å². The molecule has 0 heterocycles. The van der Waals surface area contributed by atoms with Crippen molar-refractivity contribution in [2.75, 3.05) is 184 Å². The zero-order chi connectivity index (χ0) is 59.8. The SMILES string of the molecule is CC(C)(C)OC(=O)CC[C@H](NC(=O)CCOCCOCCOCCOCCOCCOCCOCCOCCOCCOCCOCCOCCNC(=O)CNC(=O)CNC(=O)c1cc(N)ccc1CCC(=O)O)C(=O)OC(C)(C)C. The van der Waals surface area contributed by atoms with Crippen LogP contribution in [0.2, 0.25) is 0 Å². The highest BCUT2D eigenvalue weighted by atomic mass is 16.6. The highest BCUT2D eigenvalue weighted by Gasteiger charge is 2.28. The maximum Gasteiger partial charge on any atom is 0.329 e. The van der Waals surface area contributed by atoms with Crippen LogP contribution in [0.4, 0.5) is 5.69 Å². The van der Waals surface area contributed by atoms with Crippen LogP contribution in [-0.4, -0.2) is 242 Å². The summed E-state index contributed by atoms with van der Waals surface area (Å²) >= 11 is 0. The predicted octanol–water partition coefficient (Wildman–Crippen LogP) is 0.786. The predicted molar refractivity (Wildman–Crippen MR) is 292 cm³/mol. The number of amides is 4. The van der Waals surface area contributed by atoms with E-state index in [0.29, 0.717) is 150 Å². The second-order valence-electron chi connectivity index (χ2n) is 19.5. The zero-order valence-corrected chi connectivity index (χ0v) is 48.5. The van der Waals surface area contributed by atoms with Crippen molar-refractivity contribution < 1.29 is 105 Å². The first-order valence-electron chi connectivity index (χ1n) is 27.3. The molecule has 0 fully saturated rings. The quantitative estimate of drug-likeness (QED) is 0.0298. The minimum absolute atomic E-state index is 0.0167. The molecule has 466 valence electrons. The fourth-order valence-corrected chi connectivity index (χ4v) is 6.32. The van der Waals surface area contributed by atoms with Gasteiger partial charge in [-0.3, -0.25) is 28.8 Å². The van der Waals surface area contributed by atoms with Gasteiger partial charge in [-0.2, -0.15) is 0 Å². The Morgan fingerprint density at radius 3 is 1.26 bits per heavy atom. The summed E-state index contributed by atoms with van der Waals surface area (Å²) in [5, 5.41) is 19.1. The molecule has 0 saturated carbocycles. The first-order chi connectivity index (χ1) is 38.8. The second-order valence-corrected chi connectivity index (χ2v) is 19.5. The van der Waals surface area contributed by atoms with Gasteiger partial charge in [-0.1, -0.05) is 6.07 Å². The fraction of sp³-hybridized carbons (Fsp3) is 0.759. The third kappa shape index (κ3) is 47.1. The number of rotatable bonds is 52. The highest BCUT2D eigenvalue weighted by Crippen LogP contribution is 2.16. The molecular formula is C54H93N5O22. The van der Waals surface area contributed by atoms with E-state index < -0.39 is 58.8 Å². The molecule has 27 heteroatoms. The van der Waals surface area contributed by atoms with Crippen molar-refractivity contribution in [3.63, 3.8) is 0 Å². The molecule has 0 spiro atoms. The molecule has 0 aromatic heterocycles. The normalized spacial score (nSPS) is 11.9. The lowest BCUT2D eigenvalue weighted by Crippen LogP contribution is -2.44. The van der Waals surface area contributed by atoms with Crippen molar-refractivity contribution in [2.45, 2.75) is 90.9 Å². The van der Waals surface area contributed by atoms with Crippen molar-refractivity contribution in [3.8, 4) is 0 Å². The van der Waals surface area contributed by atoms with E-state index in [1.165, 1.54) is 6.07 Å². The number of esters is 2. The minimum atomic E-state index is -1.01. The number of ether oxygens (including phenoxy) is 14. The van der Waals surface area contributed by atoms with Crippen LogP contribution in [0.15, 0.2) is 18.2 Å². The molecule has 81 heavy (non-hydrogen) atoms. The lowest BCUT2D eigenvalue weighted by atomic mass is 10.0. The molecule has 1 aromatic carbocycles. The number of nitrogens with one attached hydrogen (secondary N) is 4. The van der Waals surface area contributed by atoms with E-state index >= 15 is 0 Å². The third-order valence-corrected chi connectivity index (χ3v) is 10.1. The van der Waals surface area contributed by atoms with Crippen LogP contribution in [0.5, 0.6) is 0 Å². The molecule has 1 atom stereocenters. The van der Waals surface area contributed by atoms with Gasteiger partial charge in [-0.25, -0.2) is 4.79 Å². The van der Waals surface area contributed by atoms with Crippen LogP contribution in [0.25, 0.3) is 0 Å². The molecule has 0 unspecified atom stereocenters. The van der Waals surface area contributed by atoms with Gasteiger partial charge in [0.05, 0.1) is 172 Å². The molecule has 0 aliphatic carbocycles. The van der Waals surface area contributed by atoms with Gasteiger partial charge in [0.2, 0.25) is 17.7 Å². The van der Waals surface area contributed by atoms with Crippen LogP contribution >= 0.6 is 0 Å². The van der Waals surface area contributed by atoms with Gasteiger partial charge in [0.15, 0.2) is 0 Å². The van der Waals surface area contributed by atoms with Crippen LogP contribution in [0, 0.1) is 0 Å². The van der Waals surface area contributed by atoms with E-state index in [9.17, 15) is 33.6 Å². The highest BCUT2D eigenvalue weighted by molar-refractivity contribution is 5.99. The van der Waals surface area contributed by atoms with E-state index in [1.807, 2.05) is 0 Å². The Balaban J connectivity index is 1.81. The number of aliphatic carboxylic acids is 1. The summed E-state index contributed by atoms with van der Waals surface area (Å²) in [5.74, 6) is -4.11. The summed E-state index contributed by atoms with van der Waals surface area (Å²) in [6.45, 7) is 19.1. The van der Waals surface area contributed by atoms with Gasteiger partial charge < -0.3 is 98.4 Å². The van der Waals surface area contributed by atoms with Crippen molar-refractivity contribution in [2.24, 2.45) is 0 Å². The van der Waals surface area contributed by atoms with E-state index in [4.69, 9.17) is 77.2 Å². The van der Waals surface area contributed by atoms with Crippen LogP contribution in [0.1, 0.15) is 83.1 Å². The van der Waals surface area contributed by atoms with Crippen LogP contribution in [0.3, 0.4) is 0 Å². The number of hydrogen-bond acceptors (Lipinski definition) is 22. The Morgan fingerprint density at radius 1 is 0.469 bits per heavy atom. The zero-order valence-electron chi connectivity index (χ0n) is 48.5. The number of carboxylic acid groups (broad SMARTS) is 1. The lowest BCUT2D eigenvalue weighted by molar-refractivity contribution is -0.160. The molecule has 4 amide bonds. The Labute approximate surface area is 476 Å². The molecule has 27 nitrogen and oxygen atoms in total. The van der Waals surface area contributed by atoms with Crippen molar-refractivity contribution in [1.82, 2.24) is 21.3 Å². The number of anilines is 1. The van der Waals surface area contributed by atoms with E-state index in [0.717, 1.165) is 0 Å². The first-order valence-corrected chi connectivity index (χ1v) is 27.3. The number of nitrogens with two attached hydrogens (primary N) is 1. The topological polar surface area (TPSA) is 343 Å². The van der Waals surface area contributed by atoms with Crippen molar-refractivity contribution >= 4 is 47.2 Å². The standard InChI is InChI=1S/C54H93N5O22/c1-53(2,3)80-50(65)12-10-45(52(67)81-54(4,5)6)59-46(60)13-15-68-17-19-70-21-23-72-25-27-74-29-31-76-33-35-78-37-38-79-36-34-77-32-30-75-28-26-73-24-22-71-20-18-69-16-14-56-47(61)40-57-48(62)41-58-51(66)44-39-43(55)9-7-42(44)8-11-49(63)64/h7,9,39,45H,8,10-38,40-41,55H2,1-6H3,(H,56,61)(H,57,62)(H,58,66)(H,59,60)(H,63,64)/t45-/m0/s1. The average molecular weight is 1160 g/mol. The Morgan fingerprint density at radius 2 is 0.852 bits per heavy atom. The summed E-state index contributed by atoms with van der Waals surface area (Å²) in [6.07, 6.45) is -0.0376. The average Bonchev–Trinajstić information content (AvgIpc) is 3.39. The van der Waals surface area contributed by atoms with Gasteiger partial charge in [-0.15, -0.1) is 0 Å². The number of carbonyl (C=O) groups excluding carboxylic acids is 6. The number of carboxylic acids is 1. The van der Waals surface area contributed by atoms with Crippen LogP contribution in [-0.2, 0) is 102 Å². The second kappa shape index (κ2) is 47.3. The molecule has 0 saturated heterocycles. The molecule has 7 N–H and O–H groups in total. The Kier molecular flexibility index (Phi) is 43.2. The number of benzene rings is 1. The number of aryl methyl sites for hydroxylation is 1. The fourth-order valence-electron chi connectivity index (χ4n) is 6.32. The number of hydrogen-bond donors (Lipinski definition) is 6. The summed E-state index contributed by atoms with van der Waals surface area (Å²) in [7, 11) is 0. The van der Waals surface area contributed by atoms with Gasteiger partial charge >= 0.3 is 17.9 Å². The third-order valence-electron chi connectivity index (χ3n) is 10.1. The van der Waals surface area contributed by atoms with Crippen LogP contribution < -0.4 is 27.0 Å². The smallest absolute Gasteiger partial charge is 0.329 e. The van der Waals surface area contributed by atoms with Crippen molar-refractivity contribution in [1.29, 1.82) is 0 Å². The Bertz CT molecular complexity index is 1880. The lowest BCUT2D eigenvalue weighted by Gasteiger charge is -2.25. The molecule has 0 radical (unpaired) electrons. The van der Waals surface area contributed by atoms with Gasteiger partial charge in [0.1, 0.15) is 17.2 Å². The molecule has 1 aromatic rings. The maximum absolute atomic E-state index is 12.7.